The van der Waals surface area contributed by atoms with Crippen molar-refractivity contribution >= 4 is 17.2 Å². The van der Waals surface area contributed by atoms with E-state index >= 15 is 0 Å². The molecule has 0 bridgehead atoms. The quantitative estimate of drug-likeness (QED) is 0.843. The molecule has 0 saturated carbocycles. The number of likely N-dealkylation sites (tertiary alicyclic amines) is 1. The molecule has 2 aromatic heterocycles. The predicted octanol–water partition coefficient (Wildman–Crippen LogP) is 1.23. The zero-order valence-corrected chi connectivity index (χ0v) is 10.9. The highest BCUT2D eigenvalue weighted by atomic mass is 32.1. The highest BCUT2D eigenvalue weighted by Gasteiger charge is 2.29. The van der Waals surface area contributed by atoms with Gasteiger partial charge in [-0.1, -0.05) is 11.3 Å². The third kappa shape index (κ3) is 2.70. The van der Waals surface area contributed by atoms with Gasteiger partial charge < -0.3 is 9.64 Å². The fourth-order valence-electron chi connectivity index (χ4n) is 1.99. The van der Waals surface area contributed by atoms with Gasteiger partial charge in [0.25, 0.3) is 11.1 Å². The molecule has 98 valence electrons. The van der Waals surface area contributed by atoms with Crippen LogP contribution in [0.2, 0.25) is 0 Å². The van der Waals surface area contributed by atoms with E-state index in [4.69, 9.17) is 4.74 Å². The summed E-state index contributed by atoms with van der Waals surface area (Å²) in [6.07, 6.45) is 7.08. The van der Waals surface area contributed by atoms with Gasteiger partial charge in [0, 0.05) is 36.9 Å². The second-order valence-electron chi connectivity index (χ2n) is 4.17. The Balaban J connectivity index is 1.61. The maximum atomic E-state index is 12.1. The number of amides is 1. The number of rotatable bonds is 3. The minimum atomic E-state index is -0.0988. The van der Waals surface area contributed by atoms with Crippen LogP contribution in [0.15, 0.2) is 30.2 Å². The van der Waals surface area contributed by atoms with Crippen molar-refractivity contribution in [3.05, 3.63) is 35.9 Å². The third-order valence-corrected chi connectivity index (χ3v) is 3.55. The zero-order chi connectivity index (χ0) is 13.1. The number of carbonyl (C=O) groups excluding carboxylic acids is 1. The number of hydrogen-bond donors (Lipinski definition) is 0. The molecule has 0 spiro atoms. The largest absolute Gasteiger partial charge is 0.465 e. The van der Waals surface area contributed by atoms with Crippen LogP contribution in [0.5, 0.6) is 5.19 Å². The Hall–Kier alpha value is -2.02. The fraction of sp³-hybridized carbons (Fsp3) is 0.333. The number of ether oxygens (including phenoxy) is 1. The number of aromatic nitrogens is 3. The van der Waals surface area contributed by atoms with Gasteiger partial charge in [-0.15, -0.1) is 0 Å². The average molecular weight is 276 g/mol. The minimum absolute atomic E-state index is 0.00627. The maximum absolute atomic E-state index is 12.1. The molecule has 0 radical (unpaired) electrons. The second kappa shape index (κ2) is 5.31. The van der Waals surface area contributed by atoms with Crippen molar-refractivity contribution in [3.63, 3.8) is 0 Å². The van der Waals surface area contributed by atoms with Crippen molar-refractivity contribution in [1.29, 1.82) is 0 Å². The lowest BCUT2D eigenvalue weighted by Gasteiger charge is -2.15. The monoisotopic (exact) mass is 276 g/mol. The van der Waals surface area contributed by atoms with E-state index < -0.39 is 0 Å². The highest BCUT2D eigenvalue weighted by molar-refractivity contribution is 7.11. The molecule has 19 heavy (non-hydrogen) atoms. The van der Waals surface area contributed by atoms with Crippen LogP contribution in [0.3, 0.4) is 0 Å². The molecule has 1 unspecified atom stereocenters. The number of nitrogens with zero attached hydrogens (tertiary/aromatic N) is 4. The van der Waals surface area contributed by atoms with E-state index in [2.05, 4.69) is 15.0 Å². The predicted molar refractivity (Wildman–Crippen MR) is 69.1 cm³/mol. The van der Waals surface area contributed by atoms with Crippen LogP contribution in [-0.2, 0) is 0 Å². The minimum Gasteiger partial charge on any atom is -0.465 e. The van der Waals surface area contributed by atoms with E-state index in [1.807, 2.05) is 5.38 Å². The van der Waals surface area contributed by atoms with E-state index in [1.54, 1.807) is 17.3 Å². The van der Waals surface area contributed by atoms with E-state index in [9.17, 15) is 4.79 Å². The van der Waals surface area contributed by atoms with Crippen LogP contribution in [0.1, 0.15) is 16.9 Å². The van der Waals surface area contributed by atoms with Crippen LogP contribution < -0.4 is 4.74 Å². The van der Waals surface area contributed by atoms with Gasteiger partial charge in [-0.3, -0.25) is 9.78 Å². The van der Waals surface area contributed by atoms with Crippen LogP contribution >= 0.6 is 11.3 Å². The van der Waals surface area contributed by atoms with Gasteiger partial charge in [0.05, 0.1) is 12.7 Å². The Labute approximate surface area is 114 Å². The molecule has 3 rings (SSSR count). The van der Waals surface area contributed by atoms with Crippen LogP contribution in [0.4, 0.5) is 0 Å². The van der Waals surface area contributed by atoms with Gasteiger partial charge >= 0.3 is 0 Å². The molecule has 0 aromatic carbocycles. The molecule has 0 N–H and O–H groups in total. The number of carbonyl (C=O) groups is 1. The molecule has 7 heteroatoms. The molecule has 1 fully saturated rings. The summed E-state index contributed by atoms with van der Waals surface area (Å²) in [5.74, 6) is -0.0988. The van der Waals surface area contributed by atoms with Crippen LogP contribution in [-0.4, -0.2) is 45.0 Å². The summed E-state index contributed by atoms with van der Waals surface area (Å²) < 4.78 is 5.71. The molecule has 1 saturated heterocycles. The lowest BCUT2D eigenvalue weighted by atomic mass is 10.3. The van der Waals surface area contributed by atoms with Crippen LogP contribution in [0, 0.1) is 0 Å². The first-order chi connectivity index (χ1) is 9.33. The first kappa shape index (κ1) is 12.0. The summed E-state index contributed by atoms with van der Waals surface area (Å²) in [5, 5.41) is 2.52. The van der Waals surface area contributed by atoms with Crippen molar-refractivity contribution in [2.75, 3.05) is 13.1 Å². The molecule has 1 atom stereocenters. The van der Waals surface area contributed by atoms with Crippen molar-refractivity contribution in [2.24, 2.45) is 0 Å². The Morgan fingerprint density at radius 3 is 3.05 bits per heavy atom. The molecule has 6 nitrogen and oxygen atoms in total. The summed E-state index contributed by atoms with van der Waals surface area (Å²) in [7, 11) is 0. The normalized spacial score (nSPS) is 18.5. The van der Waals surface area contributed by atoms with Crippen molar-refractivity contribution in [3.8, 4) is 5.19 Å². The Morgan fingerprint density at radius 1 is 1.37 bits per heavy atom. The van der Waals surface area contributed by atoms with Gasteiger partial charge in [-0.2, -0.15) is 0 Å². The Kier molecular flexibility index (Phi) is 3.37. The van der Waals surface area contributed by atoms with Crippen molar-refractivity contribution in [2.45, 2.75) is 12.5 Å². The van der Waals surface area contributed by atoms with E-state index in [0.717, 1.165) is 6.42 Å². The fourth-order valence-corrected chi connectivity index (χ4v) is 2.54. The van der Waals surface area contributed by atoms with Crippen molar-refractivity contribution < 1.29 is 9.53 Å². The first-order valence-corrected chi connectivity index (χ1v) is 6.82. The lowest BCUT2D eigenvalue weighted by molar-refractivity contribution is 0.0766. The van der Waals surface area contributed by atoms with Gasteiger partial charge in [0.15, 0.2) is 0 Å². The van der Waals surface area contributed by atoms with Gasteiger partial charge in [0.2, 0.25) is 0 Å². The molecule has 1 amide bonds. The Bertz CT molecular complexity index is 546. The maximum Gasteiger partial charge on any atom is 0.274 e. The van der Waals surface area contributed by atoms with E-state index in [1.165, 1.54) is 23.7 Å². The van der Waals surface area contributed by atoms with E-state index in [-0.39, 0.29) is 12.0 Å². The molecule has 2 aromatic rings. The first-order valence-electron chi connectivity index (χ1n) is 5.94. The Morgan fingerprint density at radius 2 is 2.32 bits per heavy atom. The standard InChI is InChI=1S/C12H12N4O2S/c17-11(10-7-13-2-3-14-10)16-5-1-9(8-16)18-12-15-4-6-19-12/h2-4,6-7,9H,1,5,8H2. The topological polar surface area (TPSA) is 68.2 Å². The van der Waals surface area contributed by atoms with Crippen molar-refractivity contribution in [1.82, 2.24) is 19.9 Å². The summed E-state index contributed by atoms with van der Waals surface area (Å²) in [4.78, 5) is 25.9. The summed E-state index contributed by atoms with van der Waals surface area (Å²) >= 11 is 1.46. The van der Waals surface area contributed by atoms with Gasteiger partial charge in [-0.25, -0.2) is 9.97 Å². The van der Waals surface area contributed by atoms with Gasteiger partial charge in [0.1, 0.15) is 11.8 Å². The number of hydrogen-bond acceptors (Lipinski definition) is 6. The molecule has 3 heterocycles. The zero-order valence-electron chi connectivity index (χ0n) is 10.1. The summed E-state index contributed by atoms with van der Waals surface area (Å²) in [5.41, 5.74) is 0.373. The highest BCUT2D eigenvalue weighted by Crippen LogP contribution is 2.21. The second-order valence-corrected chi connectivity index (χ2v) is 5.03. The average Bonchev–Trinajstić information content (AvgIpc) is 3.11. The number of thiazole rings is 1. The molecule has 0 aliphatic carbocycles. The summed E-state index contributed by atoms with van der Waals surface area (Å²) in [6, 6.07) is 0. The molecule has 1 aliphatic rings. The molecule has 1 aliphatic heterocycles. The lowest BCUT2D eigenvalue weighted by Crippen LogP contribution is -2.31. The smallest absolute Gasteiger partial charge is 0.274 e. The third-order valence-electron chi connectivity index (χ3n) is 2.89. The summed E-state index contributed by atoms with van der Waals surface area (Å²) in [6.45, 7) is 1.24. The molecular weight excluding hydrogens is 264 g/mol. The van der Waals surface area contributed by atoms with Crippen LogP contribution in [0.25, 0.3) is 0 Å². The SMILES string of the molecule is O=C(c1cnccn1)N1CCC(Oc2nccs2)C1. The van der Waals surface area contributed by atoms with E-state index in [0.29, 0.717) is 24.0 Å². The molecular formula is C12H12N4O2S. The van der Waals surface area contributed by atoms with Gasteiger partial charge in [-0.05, 0) is 0 Å².